The maximum Gasteiger partial charge on any atom is 0.255 e. The van der Waals surface area contributed by atoms with Crippen LogP contribution in [-0.2, 0) is 10.0 Å². The molecular formula is C18H19BrN2O3S. The lowest BCUT2D eigenvalue weighted by Gasteiger charge is -2.29. The van der Waals surface area contributed by atoms with Crippen LogP contribution in [0.5, 0.6) is 0 Å². The fraction of sp³-hybridized carbons (Fsp3) is 0.278. The quantitative estimate of drug-likeness (QED) is 0.814. The number of hydrogen-bond acceptors (Lipinski definition) is 3. The number of aryl methyl sites for hydroxylation is 1. The Morgan fingerprint density at radius 2 is 1.92 bits per heavy atom. The van der Waals surface area contributed by atoms with Gasteiger partial charge in [-0.05, 0) is 65.5 Å². The Bertz CT molecular complexity index is 912. The van der Waals surface area contributed by atoms with E-state index in [1.807, 2.05) is 25.1 Å². The number of anilines is 2. The summed E-state index contributed by atoms with van der Waals surface area (Å²) in [4.78, 5) is 12.6. The van der Waals surface area contributed by atoms with Crippen molar-refractivity contribution < 1.29 is 13.2 Å². The first-order chi connectivity index (χ1) is 11.9. The molecule has 1 aliphatic heterocycles. The smallest absolute Gasteiger partial charge is 0.255 e. The monoisotopic (exact) mass is 422 g/mol. The summed E-state index contributed by atoms with van der Waals surface area (Å²) in [6.07, 6.45) is 1.51. The first kappa shape index (κ1) is 17.9. The number of sulfonamides is 1. The molecule has 0 spiro atoms. The van der Waals surface area contributed by atoms with E-state index in [1.165, 1.54) is 4.31 Å². The topological polar surface area (TPSA) is 66.5 Å². The molecule has 1 aliphatic rings. The Morgan fingerprint density at radius 3 is 2.64 bits per heavy atom. The van der Waals surface area contributed by atoms with Gasteiger partial charge in [-0.3, -0.25) is 9.10 Å². The Labute approximate surface area is 156 Å². The van der Waals surface area contributed by atoms with Gasteiger partial charge in [0.1, 0.15) is 0 Å². The highest BCUT2D eigenvalue weighted by atomic mass is 79.9. The van der Waals surface area contributed by atoms with Gasteiger partial charge in [0.05, 0.1) is 17.1 Å². The standard InChI is InChI=1S/C18H19BrN2O3S/c1-13-8-9-14(18(22)20-16-7-3-2-6-15(16)19)12-17(13)21-10-4-5-11-25(21,23)24/h2-3,6-9,12H,4-5,10-11H2,1H3,(H,20,22). The number of benzene rings is 2. The molecule has 0 atom stereocenters. The van der Waals surface area contributed by atoms with E-state index in [9.17, 15) is 13.2 Å². The Balaban J connectivity index is 1.91. The van der Waals surface area contributed by atoms with Gasteiger partial charge in [-0.2, -0.15) is 0 Å². The third kappa shape index (κ3) is 3.88. The summed E-state index contributed by atoms with van der Waals surface area (Å²) < 4.78 is 27.0. The molecule has 0 unspecified atom stereocenters. The number of halogens is 1. The van der Waals surface area contributed by atoms with Gasteiger partial charge in [0.25, 0.3) is 5.91 Å². The summed E-state index contributed by atoms with van der Waals surface area (Å²) in [5.74, 6) is -0.123. The highest BCUT2D eigenvalue weighted by Gasteiger charge is 2.27. The molecule has 0 saturated carbocycles. The molecule has 3 rings (SSSR count). The van der Waals surface area contributed by atoms with Crippen molar-refractivity contribution in [3.05, 3.63) is 58.1 Å². The number of hydrogen-bond donors (Lipinski definition) is 1. The molecule has 2 aromatic carbocycles. The van der Waals surface area contributed by atoms with E-state index in [-0.39, 0.29) is 11.7 Å². The zero-order chi connectivity index (χ0) is 18.0. The van der Waals surface area contributed by atoms with E-state index >= 15 is 0 Å². The second-order valence-corrected chi connectivity index (χ2v) is 8.90. The second-order valence-electron chi connectivity index (χ2n) is 6.03. The number of nitrogens with one attached hydrogen (secondary N) is 1. The molecule has 7 heteroatoms. The number of rotatable bonds is 3. The van der Waals surface area contributed by atoms with Crippen LogP contribution in [0, 0.1) is 6.92 Å². The van der Waals surface area contributed by atoms with Gasteiger partial charge in [-0.15, -0.1) is 0 Å². The first-order valence-electron chi connectivity index (χ1n) is 8.05. The molecule has 0 aliphatic carbocycles. The fourth-order valence-electron chi connectivity index (χ4n) is 2.84. The SMILES string of the molecule is Cc1ccc(C(=O)Nc2ccccc2Br)cc1N1CCCCS1(=O)=O. The lowest BCUT2D eigenvalue weighted by atomic mass is 10.1. The van der Waals surface area contributed by atoms with E-state index in [0.29, 0.717) is 29.9 Å². The van der Waals surface area contributed by atoms with Crippen molar-refractivity contribution >= 4 is 43.2 Å². The van der Waals surface area contributed by atoms with E-state index in [1.54, 1.807) is 24.3 Å². The van der Waals surface area contributed by atoms with Crippen LogP contribution in [-0.4, -0.2) is 26.6 Å². The summed E-state index contributed by atoms with van der Waals surface area (Å²) in [5.41, 5.74) is 2.51. The van der Waals surface area contributed by atoms with Gasteiger partial charge < -0.3 is 5.32 Å². The summed E-state index contributed by atoms with van der Waals surface area (Å²) in [5, 5.41) is 2.84. The van der Waals surface area contributed by atoms with Crippen LogP contribution >= 0.6 is 15.9 Å². The number of nitrogens with zero attached hydrogens (tertiary/aromatic N) is 1. The molecule has 1 amide bonds. The van der Waals surface area contributed by atoms with Crippen LogP contribution < -0.4 is 9.62 Å². The van der Waals surface area contributed by atoms with E-state index in [2.05, 4.69) is 21.2 Å². The van der Waals surface area contributed by atoms with Crippen molar-refractivity contribution in [3.8, 4) is 0 Å². The third-order valence-corrected chi connectivity index (χ3v) is 6.76. The van der Waals surface area contributed by atoms with Crippen molar-refractivity contribution in [1.29, 1.82) is 0 Å². The van der Waals surface area contributed by atoms with Gasteiger partial charge in [0.2, 0.25) is 10.0 Å². The fourth-order valence-corrected chi connectivity index (χ4v) is 4.91. The second kappa shape index (κ2) is 7.17. The summed E-state index contributed by atoms with van der Waals surface area (Å²) in [6, 6.07) is 12.5. The van der Waals surface area contributed by atoms with Gasteiger partial charge in [-0.1, -0.05) is 18.2 Å². The third-order valence-electron chi connectivity index (χ3n) is 4.21. The van der Waals surface area contributed by atoms with Crippen molar-refractivity contribution in [2.45, 2.75) is 19.8 Å². The van der Waals surface area contributed by atoms with Crippen LogP contribution in [0.1, 0.15) is 28.8 Å². The zero-order valence-corrected chi connectivity index (χ0v) is 16.2. The Morgan fingerprint density at radius 1 is 1.16 bits per heavy atom. The number of carbonyl (C=O) groups is 1. The van der Waals surface area contributed by atoms with Crippen molar-refractivity contribution in [2.24, 2.45) is 0 Å². The molecule has 132 valence electrons. The molecule has 1 heterocycles. The molecule has 2 aromatic rings. The number of amides is 1. The van der Waals surface area contributed by atoms with Crippen LogP contribution in [0.4, 0.5) is 11.4 Å². The lowest BCUT2D eigenvalue weighted by Crippen LogP contribution is -2.38. The minimum Gasteiger partial charge on any atom is -0.321 e. The molecule has 25 heavy (non-hydrogen) atoms. The van der Waals surface area contributed by atoms with Gasteiger partial charge in [-0.25, -0.2) is 8.42 Å². The minimum absolute atomic E-state index is 0.153. The largest absolute Gasteiger partial charge is 0.321 e. The van der Waals surface area contributed by atoms with Crippen LogP contribution in [0.25, 0.3) is 0 Å². The summed E-state index contributed by atoms with van der Waals surface area (Å²) in [7, 11) is -3.31. The van der Waals surface area contributed by atoms with E-state index in [0.717, 1.165) is 16.5 Å². The van der Waals surface area contributed by atoms with Crippen LogP contribution in [0.2, 0.25) is 0 Å². The predicted molar refractivity (Wildman–Crippen MR) is 104 cm³/mol. The molecule has 1 N–H and O–H groups in total. The maximum absolute atomic E-state index is 12.6. The van der Waals surface area contributed by atoms with Crippen LogP contribution in [0.15, 0.2) is 46.9 Å². The summed E-state index contributed by atoms with van der Waals surface area (Å²) >= 11 is 3.40. The normalized spacial score (nSPS) is 16.5. The Kier molecular flexibility index (Phi) is 5.15. The lowest BCUT2D eigenvalue weighted by molar-refractivity contribution is 0.102. The minimum atomic E-state index is -3.31. The predicted octanol–water partition coefficient (Wildman–Crippen LogP) is 3.94. The maximum atomic E-state index is 12.6. The van der Waals surface area contributed by atoms with Gasteiger partial charge in [0, 0.05) is 16.6 Å². The zero-order valence-electron chi connectivity index (χ0n) is 13.8. The molecule has 0 bridgehead atoms. The average molecular weight is 423 g/mol. The molecule has 5 nitrogen and oxygen atoms in total. The molecule has 1 saturated heterocycles. The van der Waals surface area contributed by atoms with Gasteiger partial charge >= 0.3 is 0 Å². The van der Waals surface area contributed by atoms with Crippen LogP contribution in [0.3, 0.4) is 0 Å². The summed E-state index contributed by atoms with van der Waals surface area (Å²) in [6.45, 7) is 2.31. The Hall–Kier alpha value is -1.86. The number of para-hydroxylation sites is 1. The van der Waals surface area contributed by atoms with Crippen molar-refractivity contribution in [3.63, 3.8) is 0 Å². The van der Waals surface area contributed by atoms with Crippen molar-refractivity contribution in [2.75, 3.05) is 21.9 Å². The highest BCUT2D eigenvalue weighted by molar-refractivity contribution is 9.10. The molecule has 0 aromatic heterocycles. The molecule has 1 fully saturated rings. The molecular weight excluding hydrogens is 404 g/mol. The highest BCUT2D eigenvalue weighted by Crippen LogP contribution is 2.29. The van der Waals surface area contributed by atoms with Gasteiger partial charge in [0.15, 0.2) is 0 Å². The number of carbonyl (C=O) groups excluding carboxylic acids is 1. The van der Waals surface area contributed by atoms with Crippen molar-refractivity contribution in [1.82, 2.24) is 0 Å². The first-order valence-corrected chi connectivity index (χ1v) is 10.5. The van der Waals surface area contributed by atoms with E-state index < -0.39 is 10.0 Å². The molecule has 0 radical (unpaired) electrons. The van der Waals surface area contributed by atoms with E-state index in [4.69, 9.17) is 0 Å². The average Bonchev–Trinajstić information content (AvgIpc) is 2.57.